The number of hydrogen-bond donors (Lipinski definition) is 6. The number of amides is 6. The fourth-order valence-corrected chi connectivity index (χ4v) is 9.26. The van der Waals surface area contributed by atoms with Crippen LogP contribution in [0.15, 0.2) is 71.1 Å². The minimum atomic E-state index is -0.642. The van der Waals surface area contributed by atoms with E-state index in [9.17, 15) is 28.8 Å². The van der Waals surface area contributed by atoms with E-state index in [4.69, 9.17) is 18.6 Å². The number of esters is 3. The highest BCUT2D eigenvalue weighted by molar-refractivity contribution is 7.17. The van der Waals surface area contributed by atoms with E-state index in [1.165, 1.54) is 55.3 Å². The van der Waals surface area contributed by atoms with Crippen LogP contribution in [0.1, 0.15) is 143 Å². The molecule has 0 radical (unpaired) electrons. The molecule has 6 amide bonds. The monoisotopic (exact) mass is 1060 g/mol. The Bertz CT molecular complexity index is 2780. The van der Waals surface area contributed by atoms with Crippen LogP contribution in [-0.2, 0) is 30.5 Å². The lowest BCUT2D eigenvalue weighted by Gasteiger charge is -2.15. The van der Waals surface area contributed by atoms with Gasteiger partial charge in [-0.1, -0.05) is 109 Å². The normalized spacial score (nSPS) is 12.1. The van der Waals surface area contributed by atoms with Crippen LogP contribution in [0.5, 0.6) is 0 Å². The number of ether oxygens (including phenoxy) is 3. The molecule has 73 heavy (non-hydrogen) atoms. The second-order valence-electron chi connectivity index (χ2n) is 20.0. The van der Waals surface area contributed by atoms with Gasteiger partial charge in [0, 0.05) is 38.5 Å². The van der Waals surface area contributed by atoms with Crippen molar-refractivity contribution in [2.24, 2.45) is 0 Å². The number of urea groups is 3. The molecule has 0 saturated heterocycles. The first-order chi connectivity index (χ1) is 34.2. The Hall–Kier alpha value is -7.10. The van der Waals surface area contributed by atoms with Crippen LogP contribution in [0.2, 0.25) is 0 Å². The number of carbonyl (C=O) groups is 6. The summed E-state index contributed by atoms with van der Waals surface area (Å²) in [6, 6.07) is 18.8. The van der Waals surface area contributed by atoms with Crippen molar-refractivity contribution in [3.63, 3.8) is 0 Å². The maximum atomic E-state index is 12.3. The molecular weight excluding hydrogens is 993 g/mol. The summed E-state index contributed by atoms with van der Waals surface area (Å²) in [6.45, 7) is 22.1. The van der Waals surface area contributed by atoms with Crippen molar-refractivity contribution in [2.75, 3.05) is 53.2 Å². The van der Waals surface area contributed by atoms with E-state index in [0.29, 0.717) is 49.3 Å². The van der Waals surface area contributed by atoms with Gasteiger partial charge in [-0.25, -0.2) is 28.8 Å². The number of nitrogens with zero attached hydrogens (tertiary/aromatic N) is 2. The number of aromatic nitrogens is 2. The number of aryl methyl sites for hydroxylation is 2. The predicted molar refractivity (Wildman–Crippen MR) is 290 cm³/mol. The molecule has 7 rings (SSSR count). The number of hydrogen-bond acceptors (Lipinski definition) is 15. The van der Waals surface area contributed by atoms with Gasteiger partial charge in [-0.15, -0.1) is 32.9 Å². The van der Waals surface area contributed by atoms with Gasteiger partial charge in [-0.05, 0) is 73.9 Å². The zero-order chi connectivity index (χ0) is 54.0. The molecule has 0 unspecified atom stereocenters. The SMILES string of the molecule is COC(=O)c1cc(C(C)(C)C)sc1NC(=O)Nc1ccc(C)cc1.COC(=O)c1oc(C(C)(C)C)cc1NC(=O)Nc1ccc(C)cc1.COC(=O)c1sc(C(C)(C)C)cc1NC(=O)Nc1nnc(C2CC2)s1. The summed E-state index contributed by atoms with van der Waals surface area (Å²) in [4.78, 5) is 74.8. The summed E-state index contributed by atoms with van der Waals surface area (Å²) >= 11 is 4.08. The minimum Gasteiger partial charge on any atom is -0.465 e. The number of rotatable bonds is 10. The molecule has 390 valence electrons. The maximum Gasteiger partial charge on any atom is 0.376 e. The van der Waals surface area contributed by atoms with Crippen LogP contribution in [0, 0.1) is 13.8 Å². The molecule has 1 aliphatic rings. The molecule has 18 nitrogen and oxygen atoms in total. The molecule has 0 aliphatic heterocycles. The van der Waals surface area contributed by atoms with Crippen molar-refractivity contribution in [2.45, 2.75) is 111 Å². The van der Waals surface area contributed by atoms with Crippen molar-refractivity contribution in [1.29, 1.82) is 0 Å². The van der Waals surface area contributed by atoms with Crippen LogP contribution in [0.4, 0.5) is 47.3 Å². The quantitative estimate of drug-likeness (QED) is 0.0555. The average molecular weight is 1060 g/mol. The van der Waals surface area contributed by atoms with Crippen molar-refractivity contribution in [3.05, 3.63) is 115 Å². The Kier molecular flexibility index (Phi) is 18.7. The van der Waals surface area contributed by atoms with Gasteiger partial charge in [0.25, 0.3) is 0 Å². The predicted octanol–water partition coefficient (Wildman–Crippen LogP) is 13.3. The van der Waals surface area contributed by atoms with Gasteiger partial charge in [0.1, 0.15) is 20.6 Å². The van der Waals surface area contributed by atoms with E-state index < -0.39 is 36.0 Å². The molecule has 1 fully saturated rings. The highest BCUT2D eigenvalue weighted by atomic mass is 32.1. The lowest BCUT2D eigenvalue weighted by Crippen LogP contribution is -2.20. The van der Waals surface area contributed by atoms with E-state index >= 15 is 0 Å². The largest absolute Gasteiger partial charge is 0.465 e. The van der Waals surface area contributed by atoms with E-state index in [1.807, 2.05) is 97.9 Å². The topological polar surface area (TPSA) is 241 Å². The first kappa shape index (κ1) is 56.8. The highest BCUT2D eigenvalue weighted by Crippen LogP contribution is 2.42. The van der Waals surface area contributed by atoms with Crippen LogP contribution in [0.25, 0.3) is 0 Å². The van der Waals surface area contributed by atoms with E-state index in [-0.39, 0.29) is 27.7 Å². The summed E-state index contributed by atoms with van der Waals surface area (Å²) in [5, 5.41) is 26.2. The maximum absolute atomic E-state index is 12.3. The summed E-state index contributed by atoms with van der Waals surface area (Å²) in [5.41, 5.74) is 4.05. The van der Waals surface area contributed by atoms with Gasteiger partial charge in [0.15, 0.2) is 0 Å². The standard InChI is InChI=1S/C18H22N2O4.C18H22N2O3S.C16H20N4O3S2/c1-11-6-8-12(9-7-11)19-17(22)20-13-10-14(18(2,3)4)24-15(13)16(21)23-5;1-11-6-8-12(9-7-11)19-17(22)20-15-13(16(21)23-5)10-14(24-15)18(2,3)4;1-16(2,3)10-7-9(11(24-10)13(21)23-4)17-14(22)18-15-20-19-12(25-15)8-5-6-8/h2*6-10H,1-5H3,(H2,19,20,22);7-8H,5-6H2,1-4H3,(H2,17,18,20,22). The fourth-order valence-electron chi connectivity index (χ4n) is 6.17. The van der Waals surface area contributed by atoms with Crippen LogP contribution in [0.3, 0.4) is 0 Å². The summed E-state index contributed by atoms with van der Waals surface area (Å²) in [5.74, 6) is -0.533. The summed E-state index contributed by atoms with van der Waals surface area (Å²) in [6.07, 6.45) is 2.27. The summed E-state index contributed by atoms with van der Waals surface area (Å²) in [7, 11) is 3.91. The van der Waals surface area contributed by atoms with Crippen molar-refractivity contribution < 1.29 is 47.4 Å². The Labute approximate surface area is 437 Å². The number of benzene rings is 2. The molecule has 21 heteroatoms. The molecule has 4 heterocycles. The second-order valence-corrected chi connectivity index (χ2v) is 23.1. The first-order valence-corrected chi connectivity index (χ1v) is 25.5. The number of nitrogens with one attached hydrogen (secondary N) is 6. The molecular formula is C52H64N8O10S3. The summed E-state index contributed by atoms with van der Waals surface area (Å²) < 4.78 is 19.9. The second kappa shape index (κ2) is 24.1. The molecule has 6 N–H and O–H groups in total. The van der Waals surface area contributed by atoms with Crippen molar-refractivity contribution >= 4 is 103 Å². The molecule has 1 aliphatic carbocycles. The van der Waals surface area contributed by atoms with Gasteiger partial charge < -0.3 is 39.9 Å². The van der Waals surface area contributed by atoms with E-state index in [2.05, 4.69) is 62.9 Å². The third-order valence-electron chi connectivity index (χ3n) is 10.5. The van der Waals surface area contributed by atoms with Gasteiger partial charge >= 0.3 is 36.0 Å². The Morgan fingerprint density at radius 1 is 0.548 bits per heavy atom. The first-order valence-electron chi connectivity index (χ1n) is 23.1. The zero-order valence-electron chi connectivity index (χ0n) is 43.5. The number of carbonyl (C=O) groups excluding carboxylic acids is 6. The minimum absolute atomic E-state index is 0.0264. The van der Waals surface area contributed by atoms with Gasteiger partial charge in [0.2, 0.25) is 10.9 Å². The third kappa shape index (κ3) is 16.5. The molecule has 4 aromatic heterocycles. The van der Waals surface area contributed by atoms with Gasteiger partial charge in [-0.2, -0.15) is 0 Å². The van der Waals surface area contributed by atoms with Gasteiger partial charge in [0.05, 0.1) is 38.3 Å². The molecule has 2 aromatic carbocycles. The molecule has 0 spiro atoms. The molecule has 0 atom stereocenters. The van der Waals surface area contributed by atoms with Crippen molar-refractivity contribution in [3.8, 4) is 0 Å². The molecule has 1 saturated carbocycles. The smallest absolute Gasteiger partial charge is 0.376 e. The van der Waals surface area contributed by atoms with E-state index in [1.54, 1.807) is 24.3 Å². The van der Waals surface area contributed by atoms with Gasteiger partial charge in [-0.3, -0.25) is 10.6 Å². The average Bonchev–Trinajstić information content (AvgIpc) is 3.62. The number of furan rings is 1. The Morgan fingerprint density at radius 2 is 1.04 bits per heavy atom. The number of methoxy groups -OCH3 is 3. The Morgan fingerprint density at radius 3 is 1.53 bits per heavy atom. The van der Waals surface area contributed by atoms with E-state index in [0.717, 1.165) is 38.7 Å². The Balaban J connectivity index is 0.000000203. The fraction of sp³-hybridized carbons (Fsp3) is 0.385. The van der Waals surface area contributed by atoms with Crippen LogP contribution < -0.4 is 31.9 Å². The highest BCUT2D eigenvalue weighted by Gasteiger charge is 2.30. The van der Waals surface area contributed by atoms with Crippen molar-refractivity contribution in [1.82, 2.24) is 10.2 Å². The number of thiophene rings is 2. The number of anilines is 6. The van der Waals surface area contributed by atoms with Crippen LogP contribution in [-0.4, -0.2) is 67.5 Å². The lowest BCUT2D eigenvalue weighted by molar-refractivity contribution is 0.0560. The third-order valence-corrected chi connectivity index (χ3v) is 14.5. The molecule has 6 aromatic rings. The molecule has 0 bridgehead atoms. The zero-order valence-corrected chi connectivity index (χ0v) is 46.0. The van der Waals surface area contributed by atoms with Crippen LogP contribution >= 0.6 is 34.0 Å². The lowest BCUT2D eigenvalue weighted by atomic mass is 9.93.